The summed E-state index contributed by atoms with van der Waals surface area (Å²) in [4.78, 5) is 22.6. The van der Waals surface area contributed by atoms with Gasteiger partial charge in [-0.2, -0.15) is 0 Å². The molecule has 0 aliphatic carbocycles. The second-order valence-corrected chi connectivity index (χ2v) is 5.50. The van der Waals surface area contributed by atoms with Gasteiger partial charge in [0.2, 0.25) is 0 Å². The number of hydrogen-bond donors (Lipinski definition) is 3. The molecule has 0 spiro atoms. The zero-order valence-electron chi connectivity index (χ0n) is 11.6. The highest BCUT2D eigenvalue weighted by molar-refractivity contribution is 7.99. The van der Waals surface area contributed by atoms with Gasteiger partial charge in [0.1, 0.15) is 5.82 Å². The Morgan fingerprint density at radius 2 is 1.71 bits per heavy atom. The van der Waals surface area contributed by atoms with Gasteiger partial charge in [-0.15, -0.1) is 11.8 Å². The van der Waals surface area contributed by atoms with Crippen LogP contribution < -0.4 is 10.6 Å². The molecular formula is C14H19FN2O3S. The number of carbonyl (C=O) groups excluding carboxylic acids is 1. The largest absolute Gasteiger partial charge is 0.481 e. The Morgan fingerprint density at radius 3 is 2.33 bits per heavy atom. The van der Waals surface area contributed by atoms with Gasteiger partial charge < -0.3 is 15.7 Å². The number of urea groups is 1. The Morgan fingerprint density at radius 1 is 1.10 bits per heavy atom. The van der Waals surface area contributed by atoms with Crippen LogP contribution in [0.15, 0.2) is 29.2 Å². The predicted octanol–water partition coefficient (Wildman–Crippen LogP) is 2.47. The monoisotopic (exact) mass is 314 g/mol. The lowest BCUT2D eigenvalue weighted by Gasteiger charge is -2.07. The molecule has 1 aromatic rings. The standard InChI is InChI=1S/C14H19FN2O3S/c15-11-4-6-12(7-5-11)21-10-2-9-17-14(20)16-8-1-3-13(18)19/h4-7H,1-3,8-10H2,(H,18,19)(H2,16,17,20). The van der Waals surface area contributed by atoms with Gasteiger partial charge in [0.05, 0.1) is 0 Å². The number of thioether (sulfide) groups is 1. The summed E-state index contributed by atoms with van der Waals surface area (Å²) in [6, 6.07) is 6.01. The molecule has 0 aromatic heterocycles. The molecule has 0 unspecified atom stereocenters. The molecule has 2 amide bonds. The number of nitrogens with one attached hydrogen (secondary N) is 2. The van der Waals surface area contributed by atoms with E-state index in [9.17, 15) is 14.0 Å². The lowest BCUT2D eigenvalue weighted by molar-refractivity contribution is -0.137. The minimum Gasteiger partial charge on any atom is -0.481 e. The second-order valence-electron chi connectivity index (χ2n) is 4.34. The van der Waals surface area contributed by atoms with Crippen LogP contribution in [0.2, 0.25) is 0 Å². The first-order valence-electron chi connectivity index (χ1n) is 6.70. The number of amides is 2. The maximum atomic E-state index is 12.7. The number of carboxylic acids is 1. The molecule has 1 aromatic carbocycles. The number of carbonyl (C=O) groups is 2. The van der Waals surface area contributed by atoms with Crippen molar-refractivity contribution in [2.24, 2.45) is 0 Å². The first-order valence-corrected chi connectivity index (χ1v) is 7.68. The van der Waals surface area contributed by atoms with Crippen LogP contribution in [-0.4, -0.2) is 35.9 Å². The number of aliphatic carboxylic acids is 1. The molecule has 3 N–H and O–H groups in total. The van der Waals surface area contributed by atoms with Gasteiger partial charge in [-0.3, -0.25) is 4.79 Å². The van der Waals surface area contributed by atoms with Crippen LogP contribution >= 0.6 is 11.8 Å². The molecule has 0 saturated carbocycles. The molecule has 21 heavy (non-hydrogen) atoms. The van der Waals surface area contributed by atoms with Crippen molar-refractivity contribution in [1.82, 2.24) is 10.6 Å². The fraction of sp³-hybridized carbons (Fsp3) is 0.429. The van der Waals surface area contributed by atoms with Crippen molar-refractivity contribution in [3.8, 4) is 0 Å². The summed E-state index contributed by atoms with van der Waals surface area (Å²) in [5.41, 5.74) is 0. The molecule has 0 atom stereocenters. The van der Waals surface area contributed by atoms with Crippen molar-refractivity contribution in [3.05, 3.63) is 30.1 Å². The van der Waals surface area contributed by atoms with Gasteiger partial charge in [0.25, 0.3) is 0 Å². The molecule has 0 bridgehead atoms. The topological polar surface area (TPSA) is 78.4 Å². The maximum absolute atomic E-state index is 12.7. The van der Waals surface area contributed by atoms with E-state index < -0.39 is 5.97 Å². The zero-order valence-corrected chi connectivity index (χ0v) is 12.4. The molecule has 0 heterocycles. The van der Waals surface area contributed by atoms with Crippen LogP contribution in [0.25, 0.3) is 0 Å². The molecule has 0 fully saturated rings. The molecule has 7 heteroatoms. The fourth-order valence-corrected chi connectivity index (χ4v) is 2.35. The van der Waals surface area contributed by atoms with Crippen LogP contribution in [0.4, 0.5) is 9.18 Å². The van der Waals surface area contributed by atoms with E-state index in [2.05, 4.69) is 10.6 Å². The highest BCUT2D eigenvalue weighted by atomic mass is 32.2. The van der Waals surface area contributed by atoms with E-state index in [0.29, 0.717) is 19.5 Å². The third-order valence-corrected chi connectivity index (χ3v) is 3.64. The molecule has 0 radical (unpaired) electrons. The number of hydrogen-bond acceptors (Lipinski definition) is 3. The van der Waals surface area contributed by atoms with E-state index in [1.54, 1.807) is 23.9 Å². The number of carboxylic acid groups (broad SMARTS) is 1. The van der Waals surface area contributed by atoms with Crippen molar-refractivity contribution in [2.45, 2.75) is 24.2 Å². The van der Waals surface area contributed by atoms with Gasteiger partial charge >= 0.3 is 12.0 Å². The van der Waals surface area contributed by atoms with Crippen molar-refractivity contribution in [3.63, 3.8) is 0 Å². The molecule has 0 aliphatic rings. The normalized spacial score (nSPS) is 10.1. The molecule has 1 rings (SSSR count). The number of halogens is 1. The third-order valence-electron chi connectivity index (χ3n) is 2.54. The van der Waals surface area contributed by atoms with Gasteiger partial charge in [0.15, 0.2) is 0 Å². The average Bonchev–Trinajstić information content (AvgIpc) is 2.45. The van der Waals surface area contributed by atoms with Crippen LogP contribution in [0.3, 0.4) is 0 Å². The number of rotatable bonds is 9. The Kier molecular flexibility index (Phi) is 8.27. The van der Waals surface area contributed by atoms with Crippen LogP contribution in [0, 0.1) is 5.82 Å². The van der Waals surface area contributed by atoms with E-state index in [4.69, 9.17) is 5.11 Å². The highest BCUT2D eigenvalue weighted by Gasteiger charge is 2.01. The van der Waals surface area contributed by atoms with E-state index in [1.807, 2.05) is 0 Å². The van der Waals surface area contributed by atoms with Gasteiger partial charge in [-0.05, 0) is 42.9 Å². The molecule has 0 aliphatic heterocycles. The summed E-state index contributed by atoms with van der Waals surface area (Å²) in [7, 11) is 0. The van der Waals surface area contributed by atoms with Crippen molar-refractivity contribution in [1.29, 1.82) is 0 Å². The fourth-order valence-electron chi connectivity index (χ4n) is 1.50. The summed E-state index contributed by atoms with van der Waals surface area (Å²) in [6.45, 7) is 0.890. The Labute approximate surface area is 127 Å². The zero-order chi connectivity index (χ0) is 15.5. The maximum Gasteiger partial charge on any atom is 0.314 e. The Balaban J connectivity index is 1.99. The number of benzene rings is 1. The summed E-state index contributed by atoms with van der Waals surface area (Å²) >= 11 is 1.60. The van der Waals surface area contributed by atoms with Crippen LogP contribution in [-0.2, 0) is 4.79 Å². The van der Waals surface area contributed by atoms with E-state index >= 15 is 0 Å². The first-order chi connectivity index (χ1) is 10.1. The van der Waals surface area contributed by atoms with Gasteiger partial charge in [-0.25, -0.2) is 9.18 Å². The minimum atomic E-state index is -0.866. The van der Waals surface area contributed by atoms with Crippen molar-refractivity contribution < 1.29 is 19.1 Å². The molecule has 0 saturated heterocycles. The van der Waals surface area contributed by atoms with E-state index in [0.717, 1.165) is 17.1 Å². The lowest BCUT2D eigenvalue weighted by atomic mass is 10.3. The lowest BCUT2D eigenvalue weighted by Crippen LogP contribution is -2.36. The van der Waals surface area contributed by atoms with E-state index in [-0.39, 0.29) is 18.3 Å². The second kappa shape index (κ2) is 10.0. The smallest absolute Gasteiger partial charge is 0.314 e. The van der Waals surface area contributed by atoms with E-state index in [1.165, 1.54) is 12.1 Å². The highest BCUT2D eigenvalue weighted by Crippen LogP contribution is 2.18. The molecule has 116 valence electrons. The Bertz CT molecular complexity index is 454. The SMILES string of the molecule is O=C(O)CCCNC(=O)NCCCSc1ccc(F)cc1. The average molecular weight is 314 g/mol. The van der Waals surface area contributed by atoms with Gasteiger partial charge in [0, 0.05) is 24.4 Å². The van der Waals surface area contributed by atoms with Crippen molar-refractivity contribution >= 4 is 23.8 Å². The summed E-state index contributed by atoms with van der Waals surface area (Å²) in [6.07, 6.45) is 1.27. The Hall–Kier alpha value is -1.76. The predicted molar refractivity (Wildman–Crippen MR) is 80.0 cm³/mol. The quantitative estimate of drug-likeness (QED) is 0.483. The third kappa shape index (κ3) is 8.91. The minimum absolute atomic E-state index is 0.0502. The van der Waals surface area contributed by atoms with Crippen LogP contribution in [0.5, 0.6) is 0 Å². The van der Waals surface area contributed by atoms with Gasteiger partial charge in [-0.1, -0.05) is 0 Å². The van der Waals surface area contributed by atoms with Crippen molar-refractivity contribution in [2.75, 3.05) is 18.8 Å². The van der Waals surface area contributed by atoms with Crippen LogP contribution in [0.1, 0.15) is 19.3 Å². The molecular weight excluding hydrogens is 295 g/mol. The summed E-state index contributed by atoms with van der Waals surface area (Å²) in [5, 5.41) is 13.7. The first kappa shape index (κ1) is 17.3. The summed E-state index contributed by atoms with van der Waals surface area (Å²) < 4.78 is 12.7. The molecule has 5 nitrogen and oxygen atoms in total. The summed E-state index contributed by atoms with van der Waals surface area (Å²) in [5.74, 6) is -0.291.